The summed E-state index contributed by atoms with van der Waals surface area (Å²) in [5.41, 5.74) is 0.858. The van der Waals surface area contributed by atoms with Crippen LogP contribution in [0.3, 0.4) is 0 Å². The van der Waals surface area contributed by atoms with Crippen LogP contribution in [0.25, 0.3) is 0 Å². The van der Waals surface area contributed by atoms with E-state index in [0.29, 0.717) is 24.0 Å². The van der Waals surface area contributed by atoms with Gasteiger partial charge in [0.05, 0.1) is 13.7 Å². The van der Waals surface area contributed by atoms with Crippen molar-refractivity contribution in [1.82, 2.24) is 14.9 Å². The second-order valence-electron chi connectivity index (χ2n) is 6.61. The minimum absolute atomic E-state index is 0.147. The number of hydrogen-bond donors (Lipinski definition) is 2. The van der Waals surface area contributed by atoms with Gasteiger partial charge in [0.15, 0.2) is 0 Å². The SMILES string of the molecule is COc1nc(C)cc(NC2CC(N(CC(=O)O)CC3CC3)C2)n1. The molecule has 7 heteroatoms. The minimum Gasteiger partial charge on any atom is -0.480 e. The van der Waals surface area contributed by atoms with Crippen molar-refractivity contribution in [2.24, 2.45) is 5.92 Å². The quantitative estimate of drug-likeness (QED) is 0.751. The number of rotatable bonds is 8. The van der Waals surface area contributed by atoms with Crippen molar-refractivity contribution in [3.63, 3.8) is 0 Å². The molecule has 126 valence electrons. The third-order valence-corrected chi connectivity index (χ3v) is 4.53. The lowest BCUT2D eigenvalue weighted by Gasteiger charge is -2.43. The van der Waals surface area contributed by atoms with Crippen LogP contribution in [-0.2, 0) is 4.79 Å². The Balaban J connectivity index is 1.53. The highest BCUT2D eigenvalue weighted by atomic mass is 16.5. The first-order valence-electron chi connectivity index (χ1n) is 8.15. The van der Waals surface area contributed by atoms with E-state index in [9.17, 15) is 4.79 Å². The Morgan fingerprint density at radius 3 is 2.78 bits per heavy atom. The van der Waals surface area contributed by atoms with Gasteiger partial charge in [-0.25, -0.2) is 4.98 Å². The number of anilines is 1. The van der Waals surface area contributed by atoms with Crippen molar-refractivity contribution >= 4 is 11.8 Å². The molecule has 3 rings (SSSR count). The molecule has 2 saturated carbocycles. The average molecular weight is 320 g/mol. The number of nitrogens with zero attached hydrogens (tertiary/aromatic N) is 3. The van der Waals surface area contributed by atoms with Crippen molar-refractivity contribution in [3.05, 3.63) is 11.8 Å². The Labute approximate surface area is 136 Å². The first-order valence-corrected chi connectivity index (χ1v) is 8.15. The van der Waals surface area contributed by atoms with Gasteiger partial charge in [-0.1, -0.05) is 0 Å². The predicted octanol–water partition coefficient (Wildman–Crippen LogP) is 1.53. The molecule has 2 aliphatic carbocycles. The van der Waals surface area contributed by atoms with Gasteiger partial charge in [-0.15, -0.1) is 0 Å². The third-order valence-electron chi connectivity index (χ3n) is 4.53. The zero-order chi connectivity index (χ0) is 16.4. The highest BCUT2D eigenvalue weighted by molar-refractivity contribution is 5.69. The summed E-state index contributed by atoms with van der Waals surface area (Å²) in [6, 6.07) is 2.95. The first-order chi connectivity index (χ1) is 11.0. The van der Waals surface area contributed by atoms with Crippen molar-refractivity contribution in [3.8, 4) is 6.01 Å². The van der Waals surface area contributed by atoms with Crippen molar-refractivity contribution in [1.29, 1.82) is 0 Å². The molecule has 2 fully saturated rings. The van der Waals surface area contributed by atoms with Gasteiger partial charge in [0.2, 0.25) is 0 Å². The molecule has 0 radical (unpaired) electrons. The fourth-order valence-electron chi connectivity index (χ4n) is 3.07. The molecule has 2 aliphatic rings. The Kier molecular flexibility index (Phi) is 4.66. The smallest absolute Gasteiger partial charge is 0.318 e. The predicted molar refractivity (Wildman–Crippen MR) is 85.7 cm³/mol. The van der Waals surface area contributed by atoms with Crippen LogP contribution in [0, 0.1) is 12.8 Å². The fourth-order valence-corrected chi connectivity index (χ4v) is 3.07. The van der Waals surface area contributed by atoms with E-state index in [2.05, 4.69) is 20.2 Å². The van der Waals surface area contributed by atoms with Crippen molar-refractivity contribution in [2.45, 2.75) is 44.7 Å². The molecule has 0 amide bonds. The lowest BCUT2D eigenvalue weighted by Crippen LogP contribution is -2.52. The van der Waals surface area contributed by atoms with Crippen LogP contribution >= 0.6 is 0 Å². The third kappa shape index (κ3) is 4.31. The summed E-state index contributed by atoms with van der Waals surface area (Å²) >= 11 is 0. The topological polar surface area (TPSA) is 87.6 Å². The molecular formula is C16H24N4O3. The van der Waals surface area contributed by atoms with E-state index in [-0.39, 0.29) is 6.54 Å². The Morgan fingerprint density at radius 2 is 2.17 bits per heavy atom. The lowest BCUT2D eigenvalue weighted by atomic mass is 9.85. The van der Waals surface area contributed by atoms with Crippen LogP contribution in [0.1, 0.15) is 31.4 Å². The largest absolute Gasteiger partial charge is 0.480 e. The molecule has 0 aliphatic heterocycles. The molecule has 0 bridgehead atoms. The Hall–Kier alpha value is -1.89. The number of aromatic nitrogens is 2. The molecule has 1 heterocycles. The summed E-state index contributed by atoms with van der Waals surface area (Å²) in [5.74, 6) is 0.734. The zero-order valence-electron chi connectivity index (χ0n) is 13.7. The number of aliphatic carboxylic acids is 1. The monoisotopic (exact) mass is 320 g/mol. The first kappa shape index (κ1) is 16.0. The maximum Gasteiger partial charge on any atom is 0.318 e. The zero-order valence-corrected chi connectivity index (χ0v) is 13.7. The van der Waals surface area contributed by atoms with Crippen LogP contribution in [0.4, 0.5) is 5.82 Å². The van der Waals surface area contributed by atoms with Crippen LogP contribution in [0.2, 0.25) is 0 Å². The lowest BCUT2D eigenvalue weighted by molar-refractivity contribution is -0.139. The summed E-state index contributed by atoms with van der Waals surface area (Å²) in [5, 5.41) is 12.5. The maximum absolute atomic E-state index is 11.0. The minimum atomic E-state index is -0.738. The number of carbonyl (C=O) groups is 1. The molecular weight excluding hydrogens is 296 g/mol. The number of methoxy groups -OCH3 is 1. The van der Waals surface area contributed by atoms with Gasteiger partial charge >= 0.3 is 12.0 Å². The van der Waals surface area contributed by atoms with Crippen LogP contribution in [0.5, 0.6) is 6.01 Å². The standard InChI is InChI=1S/C16H24N4O3/c1-10-5-14(19-16(17-10)23-2)18-12-6-13(7-12)20(9-15(21)22)8-11-3-4-11/h5,11-13H,3-4,6-9H2,1-2H3,(H,21,22)(H,17,18,19). The van der Waals surface area contributed by atoms with E-state index < -0.39 is 5.97 Å². The molecule has 1 aromatic rings. The van der Waals surface area contributed by atoms with Crippen LogP contribution in [0.15, 0.2) is 6.07 Å². The molecule has 1 aromatic heterocycles. The number of ether oxygens (including phenoxy) is 1. The molecule has 2 N–H and O–H groups in total. The molecule has 7 nitrogen and oxygen atoms in total. The normalized spacial score (nSPS) is 23.4. The van der Waals surface area contributed by atoms with Gasteiger partial charge in [-0.3, -0.25) is 9.69 Å². The summed E-state index contributed by atoms with van der Waals surface area (Å²) in [7, 11) is 1.56. The van der Waals surface area contributed by atoms with Gasteiger partial charge in [-0.2, -0.15) is 4.98 Å². The van der Waals surface area contributed by atoms with E-state index in [1.165, 1.54) is 12.8 Å². The molecule has 0 spiro atoms. The number of carboxylic acids is 1. The summed E-state index contributed by atoms with van der Waals surface area (Å²) < 4.78 is 5.09. The molecule has 0 atom stereocenters. The maximum atomic E-state index is 11.0. The Morgan fingerprint density at radius 1 is 1.43 bits per heavy atom. The number of nitrogens with one attached hydrogen (secondary N) is 1. The van der Waals surface area contributed by atoms with Crippen LogP contribution in [-0.4, -0.2) is 58.2 Å². The second-order valence-corrected chi connectivity index (χ2v) is 6.61. The number of hydrogen-bond acceptors (Lipinski definition) is 6. The van der Waals surface area contributed by atoms with E-state index in [1.54, 1.807) is 7.11 Å². The van der Waals surface area contributed by atoms with E-state index in [0.717, 1.165) is 30.9 Å². The van der Waals surface area contributed by atoms with Gasteiger partial charge < -0.3 is 15.2 Å². The van der Waals surface area contributed by atoms with E-state index >= 15 is 0 Å². The van der Waals surface area contributed by atoms with E-state index in [1.807, 2.05) is 13.0 Å². The summed E-state index contributed by atoms with van der Waals surface area (Å²) in [4.78, 5) is 21.6. The van der Waals surface area contributed by atoms with Crippen molar-refractivity contribution < 1.29 is 14.6 Å². The summed E-state index contributed by atoms with van der Waals surface area (Å²) in [6.45, 7) is 2.97. The van der Waals surface area contributed by atoms with Crippen LogP contribution < -0.4 is 10.1 Å². The Bertz CT molecular complexity index is 570. The molecule has 23 heavy (non-hydrogen) atoms. The van der Waals surface area contributed by atoms with E-state index in [4.69, 9.17) is 9.84 Å². The molecule has 0 unspecified atom stereocenters. The molecule has 0 aromatic carbocycles. The highest BCUT2D eigenvalue weighted by Gasteiger charge is 2.37. The number of carboxylic acid groups (broad SMARTS) is 1. The van der Waals surface area contributed by atoms with Gasteiger partial charge in [0.1, 0.15) is 5.82 Å². The highest BCUT2D eigenvalue weighted by Crippen LogP contribution is 2.34. The molecule has 0 saturated heterocycles. The van der Waals surface area contributed by atoms with Gasteiger partial charge in [0.25, 0.3) is 0 Å². The van der Waals surface area contributed by atoms with Crippen molar-refractivity contribution in [2.75, 3.05) is 25.5 Å². The van der Waals surface area contributed by atoms with Gasteiger partial charge in [-0.05, 0) is 38.5 Å². The number of aryl methyl sites for hydroxylation is 1. The average Bonchev–Trinajstić information content (AvgIpc) is 3.24. The second kappa shape index (κ2) is 6.70. The summed E-state index contributed by atoms with van der Waals surface area (Å²) in [6.07, 6.45) is 4.38. The van der Waals surface area contributed by atoms with Gasteiger partial charge in [0, 0.05) is 30.4 Å². The fraction of sp³-hybridized carbons (Fsp3) is 0.688.